The molecule has 1 aliphatic carbocycles. The topological polar surface area (TPSA) is 29.1 Å². The third-order valence-corrected chi connectivity index (χ3v) is 4.18. The molecule has 18 heavy (non-hydrogen) atoms. The fourth-order valence-corrected chi connectivity index (χ4v) is 3.25. The van der Waals surface area contributed by atoms with Gasteiger partial charge in [-0.25, -0.2) is 4.39 Å². The summed E-state index contributed by atoms with van der Waals surface area (Å²) < 4.78 is 13.8. The maximum Gasteiger partial charge on any atom is 0.251 e. The van der Waals surface area contributed by atoms with Crippen molar-refractivity contribution in [3.8, 4) is 0 Å². The molecule has 0 bridgehead atoms. The molecule has 1 N–H and O–H groups in total. The Kier molecular flexibility index (Phi) is 4.43. The molecule has 0 unspecified atom stereocenters. The Morgan fingerprint density at radius 3 is 2.67 bits per heavy atom. The third kappa shape index (κ3) is 3.54. The van der Waals surface area contributed by atoms with Gasteiger partial charge in [0.05, 0.1) is 0 Å². The van der Waals surface area contributed by atoms with Gasteiger partial charge < -0.3 is 5.32 Å². The number of carbonyl (C=O) groups excluding carboxylic acids is 1. The van der Waals surface area contributed by atoms with Crippen molar-refractivity contribution < 1.29 is 9.18 Å². The van der Waals surface area contributed by atoms with Gasteiger partial charge in [0.2, 0.25) is 0 Å². The number of halogens is 3. The second kappa shape index (κ2) is 5.70. The lowest BCUT2D eigenvalue weighted by Gasteiger charge is -2.14. The van der Waals surface area contributed by atoms with Crippen LogP contribution in [0.4, 0.5) is 4.39 Å². The molecular weight excluding hydrogens is 365 g/mol. The number of benzene rings is 1. The SMILES string of the molecule is O=C(NCC1(CCBr)CC1)c1cc(F)cc(Br)c1. The minimum Gasteiger partial charge on any atom is -0.351 e. The van der Waals surface area contributed by atoms with Crippen molar-refractivity contribution in [2.75, 3.05) is 11.9 Å². The van der Waals surface area contributed by atoms with Gasteiger partial charge in [-0.05, 0) is 42.9 Å². The molecule has 1 saturated carbocycles. The zero-order valence-corrected chi connectivity index (χ0v) is 13.0. The molecule has 0 radical (unpaired) electrons. The van der Waals surface area contributed by atoms with Crippen molar-refractivity contribution in [2.24, 2.45) is 5.41 Å². The average Bonchev–Trinajstić information content (AvgIpc) is 3.06. The number of hydrogen-bond acceptors (Lipinski definition) is 1. The Morgan fingerprint density at radius 2 is 2.11 bits per heavy atom. The van der Waals surface area contributed by atoms with E-state index in [1.165, 1.54) is 12.1 Å². The van der Waals surface area contributed by atoms with Crippen LogP contribution in [0, 0.1) is 11.2 Å². The van der Waals surface area contributed by atoms with E-state index in [9.17, 15) is 9.18 Å². The molecule has 1 amide bonds. The summed E-state index contributed by atoms with van der Waals surface area (Å²) in [6.45, 7) is 0.672. The van der Waals surface area contributed by atoms with Crippen LogP contribution in [0.3, 0.4) is 0 Å². The molecule has 2 rings (SSSR count). The van der Waals surface area contributed by atoms with E-state index in [0.717, 1.165) is 24.6 Å². The summed E-state index contributed by atoms with van der Waals surface area (Å²) in [5, 5.41) is 3.85. The van der Waals surface area contributed by atoms with Crippen LogP contribution in [0.2, 0.25) is 0 Å². The van der Waals surface area contributed by atoms with Crippen molar-refractivity contribution >= 4 is 37.8 Å². The monoisotopic (exact) mass is 377 g/mol. The van der Waals surface area contributed by atoms with Crippen LogP contribution in [-0.4, -0.2) is 17.8 Å². The standard InChI is InChI=1S/C13H14Br2FNO/c14-4-3-13(1-2-13)8-17-12(18)9-5-10(15)7-11(16)6-9/h5-7H,1-4,8H2,(H,17,18). The molecule has 0 heterocycles. The van der Waals surface area contributed by atoms with Gasteiger partial charge in [0.25, 0.3) is 5.91 Å². The number of hydrogen-bond donors (Lipinski definition) is 1. The van der Waals surface area contributed by atoms with E-state index in [2.05, 4.69) is 37.2 Å². The smallest absolute Gasteiger partial charge is 0.251 e. The lowest BCUT2D eigenvalue weighted by atomic mass is 10.0. The van der Waals surface area contributed by atoms with Gasteiger partial charge in [-0.1, -0.05) is 31.9 Å². The summed E-state index contributed by atoms with van der Waals surface area (Å²) >= 11 is 6.61. The summed E-state index contributed by atoms with van der Waals surface area (Å²) in [4.78, 5) is 11.9. The first-order valence-corrected chi connectivity index (χ1v) is 7.76. The number of alkyl halides is 1. The minimum absolute atomic E-state index is 0.212. The molecule has 0 aromatic heterocycles. The van der Waals surface area contributed by atoms with E-state index < -0.39 is 5.82 Å². The second-order valence-corrected chi connectivity index (χ2v) is 6.49. The second-order valence-electron chi connectivity index (χ2n) is 4.78. The highest BCUT2D eigenvalue weighted by Crippen LogP contribution is 2.48. The van der Waals surface area contributed by atoms with Gasteiger partial charge >= 0.3 is 0 Å². The van der Waals surface area contributed by atoms with Crippen LogP contribution in [0.15, 0.2) is 22.7 Å². The van der Waals surface area contributed by atoms with Gasteiger partial charge in [-0.2, -0.15) is 0 Å². The lowest BCUT2D eigenvalue weighted by molar-refractivity contribution is 0.0944. The van der Waals surface area contributed by atoms with Crippen LogP contribution in [0.25, 0.3) is 0 Å². The Balaban J connectivity index is 1.95. The molecular formula is C13H14Br2FNO. The van der Waals surface area contributed by atoms with Gasteiger partial charge in [0.15, 0.2) is 0 Å². The van der Waals surface area contributed by atoms with E-state index in [1.54, 1.807) is 6.07 Å². The highest BCUT2D eigenvalue weighted by atomic mass is 79.9. The van der Waals surface area contributed by atoms with Crippen molar-refractivity contribution in [3.63, 3.8) is 0 Å². The fraction of sp³-hybridized carbons (Fsp3) is 0.462. The molecule has 0 saturated heterocycles. The molecule has 0 spiro atoms. The van der Waals surface area contributed by atoms with Crippen molar-refractivity contribution in [3.05, 3.63) is 34.1 Å². The van der Waals surface area contributed by atoms with Gasteiger partial charge in [0.1, 0.15) is 5.82 Å². The molecule has 1 aromatic carbocycles. The quantitative estimate of drug-likeness (QED) is 0.774. The van der Waals surface area contributed by atoms with Crippen LogP contribution in [0.5, 0.6) is 0 Å². The first-order valence-electron chi connectivity index (χ1n) is 5.85. The summed E-state index contributed by atoms with van der Waals surface area (Å²) in [7, 11) is 0. The summed E-state index contributed by atoms with van der Waals surface area (Å²) in [5.41, 5.74) is 0.625. The summed E-state index contributed by atoms with van der Waals surface area (Å²) in [6, 6.07) is 4.22. The van der Waals surface area contributed by atoms with Gasteiger partial charge in [-0.3, -0.25) is 4.79 Å². The molecule has 98 valence electrons. The number of amides is 1. The zero-order valence-electron chi connectivity index (χ0n) is 9.81. The predicted molar refractivity (Wildman–Crippen MR) is 76.5 cm³/mol. The number of nitrogens with one attached hydrogen (secondary N) is 1. The normalized spacial score (nSPS) is 16.4. The summed E-state index contributed by atoms with van der Waals surface area (Å²) in [6.07, 6.45) is 3.39. The van der Waals surface area contributed by atoms with E-state index in [0.29, 0.717) is 16.6 Å². The van der Waals surface area contributed by atoms with Crippen molar-refractivity contribution in [1.29, 1.82) is 0 Å². The van der Waals surface area contributed by atoms with Crippen LogP contribution >= 0.6 is 31.9 Å². The Bertz CT molecular complexity index is 440. The van der Waals surface area contributed by atoms with Gasteiger partial charge in [0, 0.05) is 21.9 Å². The van der Waals surface area contributed by atoms with Crippen molar-refractivity contribution in [2.45, 2.75) is 19.3 Å². The fourth-order valence-electron chi connectivity index (χ4n) is 1.95. The largest absolute Gasteiger partial charge is 0.351 e. The van der Waals surface area contributed by atoms with Crippen LogP contribution < -0.4 is 5.32 Å². The summed E-state index contributed by atoms with van der Waals surface area (Å²) in [5.74, 6) is -0.618. The molecule has 1 aromatic rings. The average molecular weight is 379 g/mol. The third-order valence-electron chi connectivity index (χ3n) is 3.33. The molecule has 1 fully saturated rings. The van der Waals surface area contributed by atoms with E-state index in [-0.39, 0.29) is 11.3 Å². The zero-order chi connectivity index (χ0) is 13.2. The Labute approximate surface area is 123 Å². The predicted octanol–water partition coefficient (Wildman–Crippen LogP) is 3.88. The van der Waals surface area contributed by atoms with Crippen LogP contribution in [-0.2, 0) is 0 Å². The van der Waals surface area contributed by atoms with E-state index in [4.69, 9.17) is 0 Å². The Morgan fingerprint density at radius 1 is 1.39 bits per heavy atom. The lowest BCUT2D eigenvalue weighted by Crippen LogP contribution is -2.30. The molecule has 0 atom stereocenters. The number of carbonyl (C=O) groups is 1. The van der Waals surface area contributed by atoms with Gasteiger partial charge in [-0.15, -0.1) is 0 Å². The first-order chi connectivity index (χ1) is 8.54. The highest BCUT2D eigenvalue weighted by Gasteiger charge is 2.41. The molecule has 2 nitrogen and oxygen atoms in total. The van der Waals surface area contributed by atoms with Crippen molar-refractivity contribution in [1.82, 2.24) is 5.32 Å². The highest BCUT2D eigenvalue weighted by molar-refractivity contribution is 9.10. The first kappa shape index (κ1) is 14.0. The minimum atomic E-state index is -0.406. The van der Waals surface area contributed by atoms with E-state index in [1.807, 2.05) is 0 Å². The number of rotatable bonds is 5. The molecule has 0 aliphatic heterocycles. The van der Waals surface area contributed by atoms with E-state index >= 15 is 0 Å². The molecule has 5 heteroatoms. The molecule has 1 aliphatic rings. The maximum atomic E-state index is 13.2. The Hall–Kier alpha value is -0.420. The van der Waals surface area contributed by atoms with Crippen LogP contribution in [0.1, 0.15) is 29.6 Å². The maximum absolute atomic E-state index is 13.2.